The molecule has 2 nitrogen and oxygen atoms in total. The van der Waals surface area contributed by atoms with Crippen molar-refractivity contribution in [3.05, 3.63) is 29.8 Å². The van der Waals surface area contributed by atoms with Gasteiger partial charge < -0.3 is 5.11 Å². The van der Waals surface area contributed by atoms with Gasteiger partial charge in [0.05, 0.1) is 5.56 Å². The van der Waals surface area contributed by atoms with Crippen LogP contribution in [0, 0.1) is 5.92 Å². The summed E-state index contributed by atoms with van der Waals surface area (Å²) in [7, 11) is 0. The maximum Gasteiger partial charge on any atom is 0.335 e. The largest absolute Gasteiger partial charge is 0.478 e. The van der Waals surface area contributed by atoms with Crippen molar-refractivity contribution in [2.75, 3.05) is 5.75 Å². The number of rotatable bonds is 5. The molecule has 0 aromatic heterocycles. The molecule has 0 bridgehead atoms. The average Bonchev–Trinajstić information content (AvgIpc) is 2.18. The molecule has 0 spiro atoms. The third-order valence-electron chi connectivity index (χ3n) is 2.07. The fourth-order valence-corrected chi connectivity index (χ4v) is 2.26. The molecular weight excluding hydrogens is 208 g/mol. The van der Waals surface area contributed by atoms with Crippen molar-refractivity contribution in [1.29, 1.82) is 0 Å². The Morgan fingerprint density at radius 2 is 1.93 bits per heavy atom. The minimum absolute atomic E-state index is 0.350. The fraction of sp³-hybridized carbons (Fsp3) is 0.417. The van der Waals surface area contributed by atoms with E-state index in [1.807, 2.05) is 12.1 Å². The van der Waals surface area contributed by atoms with Gasteiger partial charge in [-0.1, -0.05) is 13.8 Å². The second-order valence-electron chi connectivity index (χ2n) is 3.86. The van der Waals surface area contributed by atoms with Crippen LogP contribution >= 0.6 is 11.8 Å². The Morgan fingerprint density at radius 1 is 1.33 bits per heavy atom. The summed E-state index contributed by atoms with van der Waals surface area (Å²) in [5.74, 6) is 0.939. The first kappa shape index (κ1) is 12.1. The molecule has 3 heteroatoms. The Hall–Kier alpha value is -0.960. The zero-order chi connectivity index (χ0) is 11.3. The normalized spacial score (nSPS) is 10.6. The Kier molecular flexibility index (Phi) is 4.69. The lowest BCUT2D eigenvalue weighted by Gasteiger charge is -2.04. The van der Waals surface area contributed by atoms with Crippen LogP contribution in [0.15, 0.2) is 29.2 Å². The highest BCUT2D eigenvalue weighted by atomic mass is 32.2. The summed E-state index contributed by atoms with van der Waals surface area (Å²) >= 11 is 1.78. The van der Waals surface area contributed by atoms with Crippen molar-refractivity contribution < 1.29 is 9.90 Å². The zero-order valence-electron chi connectivity index (χ0n) is 9.06. The number of carboxylic acid groups (broad SMARTS) is 1. The van der Waals surface area contributed by atoms with Crippen LogP contribution in [0.1, 0.15) is 30.6 Å². The fourth-order valence-electron chi connectivity index (χ4n) is 1.11. The SMILES string of the molecule is CC(C)CCSc1ccc(C(=O)O)cc1. The number of benzene rings is 1. The summed E-state index contributed by atoms with van der Waals surface area (Å²) in [6, 6.07) is 7.04. The molecule has 0 aliphatic heterocycles. The van der Waals surface area contributed by atoms with Gasteiger partial charge >= 0.3 is 5.97 Å². The highest BCUT2D eigenvalue weighted by Gasteiger charge is 2.02. The van der Waals surface area contributed by atoms with Crippen LogP contribution in [-0.2, 0) is 0 Å². The van der Waals surface area contributed by atoms with Crippen LogP contribution in [0.2, 0.25) is 0 Å². The van der Waals surface area contributed by atoms with Crippen molar-refractivity contribution >= 4 is 17.7 Å². The Labute approximate surface area is 94.7 Å². The van der Waals surface area contributed by atoms with Gasteiger partial charge in [-0.3, -0.25) is 0 Å². The van der Waals surface area contributed by atoms with Gasteiger partial charge in [0.1, 0.15) is 0 Å². The second kappa shape index (κ2) is 5.81. The maximum atomic E-state index is 10.6. The molecule has 0 saturated carbocycles. The van der Waals surface area contributed by atoms with E-state index in [1.54, 1.807) is 23.9 Å². The van der Waals surface area contributed by atoms with Crippen molar-refractivity contribution in [3.63, 3.8) is 0 Å². The van der Waals surface area contributed by atoms with Gasteiger partial charge in [0, 0.05) is 4.90 Å². The molecule has 0 amide bonds. The van der Waals surface area contributed by atoms with Crippen molar-refractivity contribution in [3.8, 4) is 0 Å². The van der Waals surface area contributed by atoms with E-state index in [2.05, 4.69) is 13.8 Å². The lowest BCUT2D eigenvalue weighted by molar-refractivity contribution is 0.0697. The van der Waals surface area contributed by atoms with E-state index in [0.717, 1.165) is 16.6 Å². The molecule has 0 heterocycles. The smallest absolute Gasteiger partial charge is 0.335 e. The number of carboxylic acids is 1. The van der Waals surface area contributed by atoms with Crippen molar-refractivity contribution in [2.45, 2.75) is 25.2 Å². The van der Waals surface area contributed by atoms with Crippen molar-refractivity contribution in [2.24, 2.45) is 5.92 Å². The van der Waals surface area contributed by atoms with Gasteiger partial charge in [0.25, 0.3) is 0 Å². The van der Waals surface area contributed by atoms with E-state index in [9.17, 15) is 4.79 Å². The van der Waals surface area contributed by atoms with E-state index in [-0.39, 0.29) is 0 Å². The molecule has 0 aliphatic rings. The van der Waals surface area contributed by atoms with Gasteiger partial charge in [0.2, 0.25) is 0 Å². The summed E-state index contributed by atoms with van der Waals surface area (Å²) < 4.78 is 0. The maximum absolute atomic E-state index is 10.6. The molecular formula is C12H16O2S. The lowest BCUT2D eigenvalue weighted by Crippen LogP contribution is -1.95. The second-order valence-corrected chi connectivity index (χ2v) is 5.03. The zero-order valence-corrected chi connectivity index (χ0v) is 9.88. The molecule has 15 heavy (non-hydrogen) atoms. The highest BCUT2D eigenvalue weighted by Crippen LogP contribution is 2.20. The molecule has 0 fully saturated rings. The van der Waals surface area contributed by atoms with Crippen LogP contribution in [0.25, 0.3) is 0 Å². The van der Waals surface area contributed by atoms with Crippen molar-refractivity contribution in [1.82, 2.24) is 0 Å². The molecule has 0 atom stereocenters. The average molecular weight is 224 g/mol. The van der Waals surface area contributed by atoms with Gasteiger partial charge in [-0.05, 0) is 42.4 Å². The first-order valence-electron chi connectivity index (χ1n) is 5.05. The topological polar surface area (TPSA) is 37.3 Å². The van der Waals surface area contributed by atoms with E-state index >= 15 is 0 Å². The molecule has 0 unspecified atom stereocenters. The standard InChI is InChI=1S/C12H16O2S/c1-9(2)7-8-15-11-5-3-10(4-6-11)12(13)14/h3-6,9H,7-8H2,1-2H3,(H,13,14). The van der Waals surface area contributed by atoms with E-state index < -0.39 is 5.97 Å². The minimum Gasteiger partial charge on any atom is -0.478 e. The summed E-state index contributed by atoms with van der Waals surface area (Å²) in [6.45, 7) is 4.40. The molecule has 0 saturated heterocycles. The molecule has 1 aromatic carbocycles. The molecule has 1 aromatic rings. The molecule has 0 radical (unpaired) electrons. The number of thioether (sulfide) groups is 1. The minimum atomic E-state index is -0.867. The van der Waals surface area contributed by atoms with Crippen LogP contribution in [-0.4, -0.2) is 16.8 Å². The van der Waals surface area contributed by atoms with Gasteiger partial charge in [0.15, 0.2) is 0 Å². The Balaban J connectivity index is 2.46. The quantitative estimate of drug-likeness (QED) is 0.777. The van der Waals surface area contributed by atoms with E-state index in [4.69, 9.17) is 5.11 Å². The van der Waals surface area contributed by atoms with Gasteiger partial charge in [-0.15, -0.1) is 11.8 Å². The molecule has 1 N–H and O–H groups in total. The van der Waals surface area contributed by atoms with Gasteiger partial charge in [-0.2, -0.15) is 0 Å². The Bertz CT molecular complexity index is 317. The summed E-state index contributed by atoms with van der Waals surface area (Å²) in [5, 5.41) is 8.72. The summed E-state index contributed by atoms with van der Waals surface area (Å²) in [6.07, 6.45) is 1.19. The third-order valence-corrected chi connectivity index (χ3v) is 3.11. The van der Waals surface area contributed by atoms with E-state index in [1.165, 1.54) is 6.42 Å². The van der Waals surface area contributed by atoms with E-state index in [0.29, 0.717) is 5.56 Å². The highest BCUT2D eigenvalue weighted by molar-refractivity contribution is 7.99. The van der Waals surface area contributed by atoms with Gasteiger partial charge in [-0.25, -0.2) is 4.79 Å². The lowest BCUT2D eigenvalue weighted by atomic mass is 10.2. The summed E-state index contributed by atoms with van der Waals surface area (Å²) in [4.78, 5) is 11.7. The number of hydrogen-bond acceptors (Lipinski definition) is 2. The monoisotopic (exact) mass is 224 g/mol. The molecule has 82 valence electrons. The third kappa shape index (κ3) is 4.38. The molecule has 0 aliphatic carbocycles. The number of aromatic carboxylic acids is 1. The van der Waals surface area contributed by atoms with Crippen LogP contribution in [0.4, 0.5) is 0 Å². The Morgan fingerprint density at radius 3 is 2.40 bits per heavy atom. The number of carbonyl (C=O) groups is 1. The van der Waals surface area contributed by atoms with Crippen LogP contribution in [0.5, 0.6) is 0 Å². The number of hydrogen-bond donors (Lipinski definition) is 1. The first-order valence-corrected chi connectivity index (χ1v) is 6.04. The summed E-state index contributed by atoms with van der Waals surface area (Å²) in [5.41, 5.74) is 0.350. The van der Waals surface area contributed by atoms with Crippen LogP contribution < -0.4 is 0 Å². The molecule has 1 rings (SSSR count). The predicted octanol–water partition coefficient (Wildman–Crippen LogP) is 3.52. The first-order chi connectivity index (χ1) is 7.09. The predicted molar refractivity (Wildman–Crippen MR) is 63.6 cm³/mol. The van der Waals surface area contributed by atoms with Crippen LogP contribution in [0.3, 0.4) is 0 Å².